The highest BCUT2D eigenvalue weighted by Crippen LogP contribution is 2.33. The highest BCUT2D eigenvalue weighted by molar-refractivity contribution is 6.04. The van der Waals surface area contributed by atoms with E-state index in [-0.39, 0.29) is 23.5 Å². The summed E-state index contributed by atoms with van der Waals surface area (Å²) < 4.78 is 43.1. The first kappa shape index (κ1) is 24.4. The highest BCUT2D eigenvalue weighted by Gasteiger charge is 2.34. The van der Waals surface area contributed by atoms with Crippen molar-refractivity contribution in [3.63, 3.8) is 0 Å². The van der Waals surface area contributed by atoms with Gasteiger partial charge in [-0.05, 0) is 47.9 Å². The summed E-state index contributed by atoms with van der Waals surface area (Å²) in [7, 11) is 0. The molecule has 5 rings (SSSR count). The largest absolute Gasteiger partial charge is 0.416 e. The SMILES string of the molecule is O=C(Nc1cc(C#Cc2cnc3cccnn23)ccn1)c1ccc(CN2CCNCC2)c(C(F)(F)F)c1. The molecule has 0 bridgehead atoms. The Bertz CT molecular complexity index is 1500. The maximum Gasteiger partial charge on any atom is 0.416 e. The Hall–Kier alpha value is -4.27. The number of aromatic nitrogens is 4. The number of fused-ring (bicyclic) bond motifs is 1. The second kappa shape index (κ2) is 10.4. The van der Waals surface area contributed by atoms with Crippen LogP contribution in [0, 0.1) is 11.8 Å². The van der Waals surface area contributed by atoms with Crippen LogP contribution in [0.1, 0.15) is 32.7 Å². The zero-order valence-corrected chi connectivity index (χ0v) is 19.6. The molecular formula is C26H22F3N7O. The predicted octanol–water partition coefficient (Wildman–Crippen LogP) is 3.20. The van der Waals surface area contributed by atoms with Gasteiger partial charge in [0.05, 0.1) is 11.8 Å². The quantitative estimate of drug-likeness (QED) is 0.415. The molecule has 3 aromatic heterocycles. The third-order valence-electron chi connectivity index (χ3n) is 5.90. The fourth-order valence-electron chi connectivity index (χ4n) is 4.05. The Kier molecular flexibility index (Phi) is 6.85. The van der Waals surface area contributed by atoms with Crippen LogP contribution in [0.2, 0.25) is 0 Å². The number of halogens is 3. The predicted molar refractivity (Wildman–Crippen MR) is 131 cm³/mol. The van der Waals surface area contributed by atoms with Crippen molar-refractivity contribution in [3.05, 3.63) is 89.0 Å². The van der Waals surface area contributed by atoms with Gasteiger partial charge in [-0.3, -0.25) is 9.69 Å². The van der Waals surface area contributed by atoms with Gasteiger partial charge in [0.25, 0.3) is 5.91 Å². The molecule has 188 valence electrons. The molecule has 0 atom stereocenters. The zero-order chi connectivity index (χ0) is 25.8. The number of hydrogen-bond acceptors (Lipinski definition) is 6. The molecule has 1 amide bonds. The summed E-state index contributed by atoms with van der Waals surface area (Å²) in [4.78, 5) is 23.1. The van der Waals surface area contributed by atoms with Gasteiger partial charge < -0.3 is 10.6 Å². The highest BCUT2D eigenvalue weighted by atomic mass is 19.4. The number of pyridine rings is 1. The molecule has 2 N–H and O–H groups in total. The van der Waals surface area contributed by atoms with Crippen molar-refractivity contribution in [3.8, 4) is 11.8 Å². The van der Waals surface area contributed by atoms with E-state index < -0.39 is 17.6 Å². The van der Waals surface area contributed by atoms with Crippen LogP contribution in [0.3, 0.4) is 0 Å². The number of hydrogen-bond donors (Lipinski definition) is 2. The van der Waals surface area contributed by atoms with E-state index in [0.717, 1.165) is 19.2 Å². The molecule has 0 saturated carbocycles. The van der Waals surface area contributed by atoms with E-state index in [2.05, 4.69) is 37.5 Å². The topological polar surface area (TPSA) is 87.5 Å². The van der Waals surface area contributed by atoms with Gasteiger partial charge in [0.2, 0.25) is 0 Å². The second-order valence-electron chi connectivity index (χ2n) is 8.47. The standard InChI is InChI=1S/C26H22F3N7O/c27-26(28,29)22-15-19(4-5-20(22)17-35-12-10-30-11-13-35)25(37)34-23-14-18(7-9-31-23)3-6-21-16-32-24-2-1-8-33-36(21)24/h1-2,4-5,7-9,14-16,30H,10-13,17H2,(H,31,34,37). The molecule has 1 aliphatic rings. The Morgan fingerprint density at radius 1 is 1.05 bits per heavy atom. The molecule has 4 heterocycles. The number of imidazole rings is 1. The van der Waals surface area contributed by atoms with E-state index in [1.54, 1.807) is 41.2 Å². The van der Waals surface area contributed by atoms with Crippen molar-refractivity contribution in [1.29, 1.82) is 0 Å². The normalized spacial score (nSPS) is 14.2. The van der Waals surface area contributed by atoms with E-state index in [1.165, 1.54) is 18.3 Å². The molecule has 1 fully saturated rings. The fraction of sp³-hybridized carbons (Fsp3) is 0.231. The van der Waals surface area contributed by atoms with Gasteiger partial charge in [0.15, 0.2) is 5.65 Å². The van der Waals surface area contributed by atoms with Crippen molar-refractivity contribution < 1.29 is 18.0 Å². The van der Waals surface area contributed by atoms with Gasteiger partial charge >= 0.3 is 6.18 Å². The van der Waals surface area contributed by atoms with Crippen LogP contribution >= 0.6 is 0 Å². The summed E-state index contributed by atoms with van der Waals surface area (Å²) in [5.74, 6) is 5.42. The van der Waals surface area contributed by atoms with Crippen molar-refractivity contribution >= 4 is 17.4 Å². The first-order valence-electron chi connectivity index (χ1n) is 11.6. The van der Waals surface area contributed by atoms with Crippen molar-refractivity contribution in [2.45, 2.75) is 12.7 Å². The second-order valence-corrected chi connectivity index (χ2v) is 8.47. The molecule has 37 heavy (non-hydrogen) atoms. The number of amides is 1. The van der Waals surface area contributed by atoms with Gasteiger partial charge in [0, 0.05) is 56.2 Å². The van der Waals surface area contributed by atoms with Crippen LogP contribution in [0.5, 0.6) is 0 Å². The van der Waals surface area contributed by atoms with E-state index >= 15 is 0 Å². The zero-order valence-electron chi connectivity index (χ0n) is 19.6. The number of nitrogens with one attached hydrogen (secondary N) is 2. The minimum atomic E-state index is -4.58. The average molecular weight is 506 g/mol. The number of alkyl halides is 3. The fourth-order valence-corrected chi connectivity index (χ4v) is 4.05. The molecule has 11 heteroatoms. The van der Waals surface area contributed by atoms with Gasteiger partial charge in [-0.25, -0.2) is 14.5 Å². The van der Waals surface area contributed by atoms with Gasteiger partial charge in [-0.2, -0.15) is 18.3 Å². The number of nitrogens with zero attached hydrogens (tertiary/aromatic N) is 5. The van der Waals surface area contributed by atoms with E-state index in [0.29, 0.717) is 30.0 Å². The third-order valence-corrected chi connectivity index (χ3v) is 5.90. The minimum absolute atomic E-state index is 0.105. The van der Waals surface area contributed by atoms with Crippen molar-refractivity contribution in [1.82, 2.24) is 29.8 Å². The maximum atomic E-state index is 13.8. The molecule has 0 aliphatic carbocycles. The first-order valence-corrected chi connectivity index (χ1v) is 11.6. The molecule has 0 radical (unpaired) electrons. The Labute approximate surface area is 210 Å². The average Bonchev–Trinajstić information content (AvgIpc) is 3.31. The number of carbonyl (C=O) groups is 1. The molecule has 8 nitrogen and oxygen atoms in total. The van der Waals surface area contributed by atoms with E-state index in [9.17, 15) is 18.0 Å². The first-order chi connectivity index (χ1) is 17.9. The lowest BCUT2D eigenvalue weighted by Gasteiger charge is -2.28. The third kappa shape index (κ3) is 5.77. The number of rotatable bonds is 4. The molecular weight excluding hydrogens is 483 g/mol. The van der Waals surface area contributed by atoms with Crippen molar-refractivity contribution in [2.75, 3.05) is 31.5 Å². The lowest BCUT2D eigenvalue weighted by atomic mass is 10.0. The van der Waals surface area contributed by atoms with E-state index in [1.807, 2.05) is 4.90 Å². The number of carbonyl (C=O) groups excluding carboxylic acids is 1. The lowest BCUT2D eigenvalue weighted by molar-refractivity contribution is -0.138. The summed E-state index contributed by atoms with van der Waals surface area (Å²) in [6.07, 6.45) is 0.106. The number of benzene rings is 1. The molecule has 4 aromatic rings. The Balaban J connectivity index is 1.33. The van der Waals surface area contributed by atoms with Crippen LogP contribution in [0.4, 0.5) is 19.0 Å². The monoisotopic (exact) mass is 505 g/mol. The van der Waals surface area contributed by atoms with Crippen LogP contribution in [0.15, 0.2) is 61.1 Å². The maximum absolute atomic E-state index is 13.8. The van der Waals surface area contributed by atoms with Crippen molar-refractivity contribution in [2.24, 2.45) is 0 Å². The van der Waals surface area contributed by atoms with Crippen LogP contribution in [-0.2, 0) is 12.7 Å². The molecule has 1 aliphatic heterocycles. The lowest BCUT2D eigenvalue weighted by Crippen LogP contribution is -2.43. The Morgan fingerprint density at radius 3 is 2.70 bits per heavy atom. The van der Waals surface area contributed by atoms with E-state index in [4.69, 9.17) is 0 Å². The summed E-state index contributed by atoms with van der Waals surface area (Å²) in [6, 6.07) is 10.5. The molecule has 0 unspecified atom stereocenters. The Morgan fingerprint density at radius 2 is 1.89 bits per heavy atom. The van der Waals surface area contributed by atoms with Crippen LogP contribution in [0.25, 0.3) is 5.65 Å². The number of piperazine rings is 1. The van der Waals surface area contributed by atoms with Crippen LogP contribution < -0.4 is 10.6 Å². The molecule has 1 aromatic carbocycles. The summed E-state index contributed by atoms with van der Waals surface area (Å²) >= 11 is 0. The summed E-state index contributed by atoms with van der Waals surface area (Å²) in [6.45, 7) is 2.96. The van der Waals surface area contributed by atoms with Gasteiger partial charge in [-0.1, -0.05) is 12.0 Å². The summed E-state index contributed by atoms with van der Waals surface area (Å²) in [5.41, 5.74) is 1.02. The number of anilines is 1. The molecule has 1 saturated heterocycles. The summed E-state index contributed by atoms with van der Waals surface area (Å²) in [5, 5.41) is 9.95. The molecule has 0 spiro atoms. The minimum Gasteiger partial charge on any atom is -0.314 e. The smallest absolute Gasteiger partial charge is 0.314 e. The van der Waals surface area contributed by atoms with Crippen LogP contribution in [-0.4, -0.2) is 56.6 Å². The van der Waals surface area contributed by atoms with Gasteiger partial charge in [-0.15, -0.1) is 0 Å². The van der Waals surface area contributed by atoms with Gasteiger partial charge in [0.1, 0.15) is 11.5 Å².